The van der Waals surface area contributed by atoms with Crippen LogP contribution in [0.4, 0.5) is 5.13 Å². The number of aliphatic carboxylic acids is 1. The van der Waals surface area contributed by atoms with E-state index in [0.717, 1.165) is 11.0 Å². The molecule has 88 valence electrons. The minimum Gasteiger partial charge on any atom is -0.481 e. The summed E-state index contributed by atoms with van der Waals surface area (Å²) in [5.41, 5.74) is 0. The highest BCUT2D eigenvalue weighted by Crippen LogP contribution is 2.39. The van der Waals surface area contributed by atoms with Crippen LogP contribution in [0.3, 0.4) is 0 Å². The van der Waals surface area contributed by atoms with Gasteiger partial charge >= 0.3 is 5.97 Å². The molecule has 0 aromatic carbocycles. The van der Waals surface area contributed by atoms with Crippen molar-refractivity contribution in [2.45, 2.75) is 32.1 Å². The zero-order chi connectivity index (χ0) is 11.5. The minimum absolute atomic E-state index is 0.103. The highest BCUT2D eigenvalue weighted by atomic mass is 32.1. The van der Waals surface area contributed by atoms with Crippen molar-refractivity contribution in [1.82, 2.24) is 9.36 Å². The van der Waals surface area contributed by atoms with Crippen molar-refractivity contribution in [3.63, 3.8) is 0 Å². The molecular weight excluding hydrogens is 226 g/mol. The molecule has 1 unspecified atom stereocenters. The van der Waals surface area contributed by atoms with Gasteiger partial charge in [-0.3, -0.25) is 4.79 Å². The highest BCUT2D eigenvalue weighted by molar-refractivity contribution is 7.09. The Bertz CT molecular complexity index is 376. The Kier molecular flexibility index (Phi) is 3.38. The first-order valence-corrected chi connectivity index (χ1v) is 6.21. The standard InChI is InChI=1S/C10H15N3O2S/c1-6(4-8(14)15)5-11-10-12-9(13-16-10)7-2-3-7/h6-7H,2-5H2,1H3,(H,14,15)(H,11,12,13). The molecule has 1 atom stereocenters. The van der Waals surface area contributed by atoms with Gasteiger partial charge in [0.15, 0.2) is 0 Å². The van der Waals surface area contributed by atoms with Gasteiger partial charge in [0, 0.05) is 30.4 Å². The number of carboxylic acid groups (broad SMARTS) is 1. The third-order valence-corrected chi connectivity index (χ3v) is 3.20. The Morgan fingerprint density at radius 1 is 1.69 bits per heavy atom. The maximum atomic E-state index is 10.5. The molecule has 2 N–H and O–H groups in total. The molecule has 6 heteroatoms. The van der Waals surface area contributed by atoms with Gasteiger partial charge in [-0.1, -0.05) is 6.92 Å². The molecule has 0 saturated heterocycles. The van der Waals surface area contributed by atoms with Crippen molar-refractivity contribution in [2.75, 3.05) is 11.9 Å². The van der Waals surface area contributed by atoms with Crippen LogP contribution >= 0.6 is 11.5 Å². The number of nitrogens with one attached hydrogen (secondary N) is 1. The average Bonchev–Trinajstić information content (AvgIpc) is 2.94. The molecule has 0 spiro atoms. The van der Waals surface area contributed by atoms with Crippen molar-refractivity contribution in [3.8, 4) is 0 Å². The predicted molar refractivity (Wildman–Crippen MR) is 61.8 cm³/mol. The molecule has 0 bridgehead atoms. The highest BCUT2D eigenvalue weighted by Gasteiger charge is 2.27. The fourth-order valence-electron chi connectivity index (χ4n) is 1.45. The van der Waals surface area contributed by atoms with E-state index in [-0.39, 0.29) is 12.3 Å². The van der Waals surface area contributed by atoms with E-state index in [4.69, 9.17) is 5.11 Å². The maximum absolute atomic E-state index is 10.5. The van der Waals surface area contributed by atoms with Crippen LogP contribution in [0, 0.1) is 5.92 Å². The summed E-state index contributed by atoms with van der Waals surface area (Å²) in [7, 11) is 0. The quantitative estimate of drug-likeness (QED) is 0.796. The van der Waals surface area contributed by atoms with Crippen LogP contribution in [-0.4, -0.2) is 27.0 Å². The van der Waals surface area contributed by atoms with Gasteiger partial charge in [-0.25, -0.2) is 4.98 Å². The lowest BCUT2D eigenvalue weighted by Gasteiger charge is -2.08. The largest absolute Gasteiger partial charge is 0.481 e. The van der Waals surface area contributed by atoms with Crippen LogP contribution in [0.5, 0.6) is 0 Å². The van der Waals surface area contributed by atoms with E-state index in [1.54, 1.807) is 0 Å². The maximum Gasteiger partial charge on any atom is 0.303 e. The first-order valence-electron chi connectivity index (χ1n) is 5.44. The average molecular weight is 241 g/mol. The van der Waals surface area contributed by atoms with Crippen LogP contribution < -0.4 is 5.32 Å². The molecule has 0 aliphatic heterocycles. The lowest BCUT2D eigenvalue weighted by molar-refractivity contribution is -0.137. The predicted octanol–water partition coefficient (Wildman–Crippen LogP) is 1.94. The number of hydrogen-bond donors (Lipinski definition) is 2. The number of carboxylic acids is 1. The van der Waals surface area contributed by atoms with Gasteiger partial charge in [-0.2, -0.15) is 4.37 Å². The van der Waals surface area contributed by atoms with E-state index >= 15 is 0 Å². The van der Waals surface area contributed by atoms with E-state index < -0.39 is 5.97 Å². The van der Waals surface area contributed by atoms with Crippen LogP contribution in [0.25, 0.3) is 0 Å². The molecule has 1 heterocycles. The summed E-state index contributed by atoms with van der Waals surface area (Å²) in [6, 6.07) is 0. The molecule has 1 aliphatic carbocycles. The summed E-state index contributed by atoms with van der Waals surface area (Å²) < 4.78 is 4.27. The van der Waals surface area contributed by atoms with Gasteiger partial charge in [0.2, 0.25) is 5.13 Å². The van der Waals surface area contributed by atoms with E-state index in [2.05, 4.69) is 14.7 Å². The second-order valence-electron chi connectivity index (χ2n) is 4.32. The number of carbonyl (C=O) groups is 1. The summed E-state index contributed by atoms with van der Waals surface area (Å²) >= 11 is 1.36. The monoisotopic (exact) mass is 241 g/mol. The number of nitrogens with zero attached hydrogens (tertiary/aromatic N) is 2. The van der Waals surface area contributed by atoms with Gasteiger partial charge in [0.25, 0.3) is 0 Å². The Hall–Kier alpha value is -1.17. The molecule has 1 aromatic heterocycles. The third-order valence-electron chi connectivity index (χ3n) is 2.51. The number of anilines is 1. The van der Waals surface area contributed by atoms with E-state index in [1.807, 2.05) is 6.92 Å². The second kappa shape index (κ2) is 4.78. The molecule has 1 saturated carbocycles. The molecule has 1 aliphatic rings. The topological polar surface area (TPSA) is 75.1 Å². The van der Waals surface area contributed by atoms with Crippen LogP contribution in [0.1, 0.15) is 37.9 Å². The Morgan fingerprint density at radius 2 is 2.44 bits per heavy atom. The molecule has 0 radical (unpaired) electrons. The molecule has 2 rings (SSSR count). The van der Waals surface area contributed by atoms with Crippen molar-refractivity contribution < 1.29 is 9.90 Å². The Balaban J connectivity index is 1.77. The van der Waals surface area contributed by atoms with Gasteiger partial charge in [-0.05, 0) is 18.8 Å². The SMILES string of the molecule is CC(CNc1nc(C2CC2)ns1)CC(=O)O. The third kappa shape index (κ3) is 3.16. The molecular formula is C10H15N3O2S. The van der Waals surface area contributed by atoms with Gasteiger partial charge in [0.1, 0.15) is 5.82 Å². The smallest absolute Gasteiger partial charge is 0.303 e. The first-order chi connectivity index (χ1) is 7.65. The Labute approximate surface area is 98.1 Å². The van der Waals surface area contributed by atoms with Crippen molar-refractivity contribution in [1.29, 1.82) is 0 Å². The summed E-state index contributed by atoms with van der Waals surface area (Å²) in [5, 5.41) is 12.6. The van der Waals surface area contributed by atoms with Gasteiger partial charge in [0.05, 0.1) is 0 Å². The molecule has 1 fully saturated rings. The first kappa shape index (κ1) is 11.3. The van der Waals surface area contributed by atoms with Crippen molar-refractivity contribution in [3.05, 3.63) is 5.82 Å². The normalized spacial score (nSPS) is 17.1. The van der Waals surface area contributed by atoms with Crippen LogP contribution in [0.2, 0.25) is 0 Å². The zero-order valence-electron chi connectivity index (χ0n) is 9.14. The van der Waals surface area contributed by atoms with Crippen LogP contribution in [0.15, 0.2) is 0 Å². The molecule has 1 aromatic rings. The molecule has 5 nitrogen and oxygen atoms in total. The van der Waals surface area contributed by atoms with Gasteiger partial charge < -0.3 is 10.4 Å². The fourth-order valence-corrected chi connectivity index (χ4v) is 2.10. The summed E-state index contributed by atoms with van der Waals surface area (Å²) in [5.74, 6) is 0.859. The summed E-state index contributed by atoms with van der Waals surface area (Å²) in [6.07, 6.45) is 2.58. The number of rotatable bonds is 6. The fraction of sp³-hybridized carbons (Fsp3) is 0.700. The van der Waals surface area contributed by atoms with E-state index in [9.17, 15) is 4.79 Å². The van der Waals surface area contributed by atoms with Crippen molar-refractivity contribution in [2.24, 2.45) is 5.92 Å². The lowest BCUT2D eigenvalue weighted by Crippen LogP contribution is -2.14. The minimum atomic E-state index is -0.759. The van der Waals surface area contributed by atoms with Gasteiger partial charge in [-0.15, -0.1) is 0 Å². The number of hydrogen-bond acceptors (Lipinski definition) is 5. The summed E-state index contributed by atoms with van der Waals surface area (Å²) in [6.45, 7) is 2.54. The lowest BCUT2D eigenvalue weighted by atomic mass is 10.1. The second-order valence-corrected chi connectivity index (χ2v) is 5.07. The van der Waals surface area contributed by atoms with Crippen molar-refractivity contribution >= 4 is 22.6 Å². The molecule has 16 heavy (non-hydrogen) atoms. The number of aromatic nitrogens is 2. The van der Waals surface area contributed by atoms with Crippen LogP contribution in [-0.2, 0) is 4.79 Å². The van der Waals surface area contributed by atoms with E-state index in [1.165, 1.54) is 24.4 Å². The van der Waals surface area contributed by atoms with E-state index in [0.29, 0.717) is 12.5 Å². The Morgan fingerprint density at radius 3 is 3.06 bits per heavy atom. The summed E-state index contributed by atoms with van der Waals surface area (Å²) in [4.78, 5) is 14.8. The molecule has 0 amide bonds. The zero-order valence-corrected chi connectivity index (χ0v) is 9.96.